The van der Waals surface area contributed by atoms with E-state index in [9.17, 15) is 4.79 Å². The first-order valence-corrected chi connectivity index (χ1v) is 5.30. The van der Waals surface area contributed by atoms with Crippen molar-refractivity contribution >= 4 is 6.16 Å². The van der Waals surface area contributed by atoms with E-state index in [-0.39, 0.29) is 0 Å². The second-order valence-electron chi connectivity index (χ2n) is 3.41. The fourth-order valence-electron chi connectivity index (χ4n) is 1.06. The van der Waals surface area contributed by atoms with Crippen molar-refractivity contribution in [2.75, 3.05) is 26.7 Å². The van der Waals surface area contributed by atoms with Gasteiger partial charge in [-0.05, 0) is 25.7 Å². The minimum Gasteiger partial charge on any atom is -0.433 e. The molecule has 0 fully saturated rings. The number of carbonyl (C=O) groups excluding carboxylic acids is 1. The van der Waals surface area contributed by atoms with Gasteiger partial charge in [0.2, 0.25) is 0 Å². The Labute approximate surface area is 95.8 Å². The Morgan fingerprint density at radius 3 is 2.62 bits per heavy atom. The Morgan fingerprint density at radius 1 is 1.31 bits per heavy atom. The van der Waals surface area contributed by atoms with Gasteiger partial charge in [0, 0.05) is 6.54 Å². The summed E-state index contributed by atoms with van der Waals surface area (Å²) in [7, 11) is 1.96. The number of benzene rings is 1. The van der Waals surface area contributed by atoms with E-state index in [1.807, 2.05) is 20.0 Å². The summed E-state index contributed by atoms with van der Waals surface area (Å²) in [6.45, 7) is 4.02. The molecule has 4 heteroatoms. The number of hydrogen-bond donors (Lipinski definition) is 0. The van der Waals surface area contributed by atoms with Gasteiger partial charge in [0.15, 0.2) is 0 Å². The van der Waals surface area contributed by atoms with Gasteiger partial charge in [-0.15, -0.1) is 0 Å². The molecular formula is C12H17NO3. The van der Waals surface area contributed by atoms with Crippen LogP contribution >= 0.6 is 0 Å². The number of nitrogens with zero attached hydrogens (tertiary/aromatic N) is 1. The molecule has 0 amide bonds. The smallest absolute Gasteiger partial charge is 0.433 e. The van der Waals surface area contributed by atoms with Gasteiger partial charge >= 0.3 is 6.16 Å². The molecule has 1 aromatic carbocycles. The van der Waals surface area contributed by atoms with Crippen molar-refractivity contribution in [1.29, 1.82) is 0 Å². The standard InChI is InChI=1S/C12H17NO3/c1-3-13(2)9-10-15-12(14)16-11-7-5-4-6-8-11/h4-8H,3,9-10H2,1-2H3. The lowest BCUT2D eigenvalue weighted by Crippen LogP contribution is -2.24. The van der Waals surface area contributed by atoms with Crippen LogP contribution in [0.1, 0.15) is 6.92 Å². The van der Waals surface area contributed by atoms with E-state index < -0.39 is 6.16 Å². The molecule has 0 saturated heterocycles. The summed E-state index contributed by atoms with van der Waals surface area (Å²) in [6.07, 6.45) is -0.657. The van der Waals surface area contributed by atoms with Gasteiger partial charge in [0.05, 0.1) is 0 Å². The Morgan fingerprint density at radius 2 is 2.00 bits per heavy atom. The average Bonchev–Trinajstić information content (AvgIpc) is 2.30. The predicted molar refractivity (Wildman–Crippen MR) is 61.6 cm³/mol. The molecule has 0 aromatic heterocycles. The first kappa shape index (κ1) is 12.5. The average molecular weight is 223 g/mol. The number of hydrogen-bond acceptors (Lipinski definition) is 4. The van der Waals surface area contributed by atoms with Crippen molar-refractivity contribution in [3.8, 4) is 5.75 Å². The van der Waals surface area contributed by atoms with E-state index in [0.29, 0.717) is 18.9 Å². The molecule has 88 valence electrons. The second kappa shape index (κ2) is 6.85. The highest BCUT2D eigenvalue weighted by molar-refractivity contribution is 5.63. The van der Waals surface area contributed by atoms with Gasteiger partial charge in [-0.25, -0.2) is 4.79 Å². The van der Waals surface area contributed by atoms with Crippen molar-refractivity contribution < 1.29 is 14.3 Å². The summed E-state index contributed by atoms with van der Waals surface area (Å²) in [5.74, 6) is 0.497. The molecule has 0 aliphatic carbocycles. The molecule has 0 aliphatic heterocycles. The molecule has 0 saturated carbocycles. The van der Waals surface area contributed by atoms with Crippen LogP contribution in [0.5, 0.6) is 5.75 Å². The van der Waals surface area contributed by atoms with Crippen LogP contribution in [-0.4, -0.2) is 37.8 Å². The molecule has 0 N–H and O–H groups in total. The first-order chi connectivity index (χ1) is 7.72. The van der Waals surface area contributed by atoms with Crippen LogP contribution in [0, 0.1) is 0 Å². The maximum absolute atomic E-state index is 11.2. The summed E-state index contributed by atoms with van der Waals surface area (Å²) < 4.78 is 9.87. The van der Waals surface area contributed by atoms with Crippen LogP contribution in [0.2, 0.25) is 0 Å². The zero-order valence-corrected chi connectivity index (χ0v) is 9.68. The Balaban J connectivity index is 2.21. The van der Waals surface area contributed by atoms with Gasteiger partial charge in [0.25, 0.3) is 0 Å². The minimum atomic E-state index is -0.657. The van der Waals surface area contributed by atoms with Crippen LogP contribution in [0.4, 0.5) is 4.79 Å². The Hall–Kier alpha value is -1.55. The van der Waals surface area contributed by atoms with E-state index in [0.717, 1.165) is 6.54 Å². The van der Waals surface area contributed by atoms with Gasteiger partial charge < -0.3 is 14.4 Å². The van der Waals surface area contributed by atoms with Crippen LogP contribution in [0.25, 0.3) is 0 Å². The van der Waals surface area contributed by atoms with E-state index >= 15 is 0 Å². The Kier molecular flexibility index (Phi) is 5.36. The van der Waals surface area contributed by atoms with Gasteiger partial charge in [-0.3, -0.25) is 0 Å². The lowest BCUT2D eigenvalue weighted by molar-refractivity contribution is 0.0908. The van der Waals surface area contributed by atoms with Gasteiger partial charge in [0.1, 0.15) is 12.4 Å². The molecule has 1 rings (SSSR count). The fraction of sp³-hybridized carbons (Fsp3) is 0.417. The number of para-hydroxylation sites is 1. The van der Waals surface area contributed by atoms with Crippen molar-refractivity contribution in [2.45, 2.75) is 6.92 Å². The van der Waals surface area contributed by atoms with Crippen molar-refractivity contribution in [2.24, 2.45) is 0 Å². The van der Waals surface area contributed by atoms with E-state index in [1.54, 1.807) is 24.3 Å². The molecule has 0 spiro atoms. The highest BCUT2D eigenvalue weighted by Gasteiger charge is 2.05. The fourth-order valence-corrected chi connectivity index (χ4v) is 1.06. The first-order valence-electron chi connectivity index (χ1n) is 5.30. The normalized spacial score (nSPS) is 10.2. The molecular weight excluding hydrogens is 206 g/mol. The monoisotopic (exact) mass is 223 g/mol. The van der Waals surface area contributed by atoms with Crippen LogP contribution in [0.15, 0.2) is 30.3 Å². The molecule has 0 heterocycles. The number of ether oxygens (including phenoxy) is 2. The quantitative estimate of drug-likeness (QED) is 0.566. The summed E-state index contributed by atoms with van der Waals surface area (Å²) in [5, 5.41) is 0. The summed E-state index contributed by atoms with van der Waals surface area (Å²) in [6, 6.07) is 8.87. The van der Waals surface area contributed by atoms with Crippen LogP contribution in [-0.2, 0) is 4.74 Å². The zero-order valence-electron chi connectivity index (χ0n) is 9.68. The predicted octanol–water partition coefficient (Wildman–Crippen LogP) is 2.15. The van der Waals surface area contributed by atoms with Crippen LogP contribution in [0.3, 0.4) is 0 Å². The Bertz CT molecular complexity index is 313. The topological polar surface area (TPSA) is 38.8 Å². The number of likely N-dealkylation sites (N-methyl/N-ethyl adjacent to an activating group) is 1. The van der Waals surface area contributed by atoms with E-state index in [2.05, 4.69) is 4.90 Å². The molecule has 0 unspecified atom stereocenters. The third-order valence-corrected chi connectivity index (χ3v) is 2.18. The van der Waals surface area contributed by atoms with Crippen LogP contribution < -0.4 is 4.74 Å². The van der Waals surface area contributed by atoms with E-state index in [4.69, 9.17) is 9.47 Å². The summed E-state index contributed by atoms with van der Waals surface area (Å²) in [5.41, 5.74) is 0. The lowest BCUT2D eigenvalue weighted by atomic mass is 10.3. The maximum atomic E-state index is 11.2. The third-order valence-electron chi connectivity index (χ3n) is 2.18. The second-order valence-corrected chi connectivity index (χ2v) is 3.41. The van der Waals surface area contributed by atoms with Gasteiger partial charge in [-0.1, -0.05) is 25.1 Å². The third kappa shape index (κ3) is 4.79. The van der Waals surface area contributed by atoms with Gasteiger partial charge in [-0.2, -0.15) is 0 Å². The molecule has 0 aliphatic rings. The SMILES string of the molecule is CCN(C)CCOC(=O)Oc1ccccc1. The lowest BCUT2D eigenvalue weighted by Gasteiger charge is -2.13. The molecule has 0 radical (unpaired) electrons. The van der Waals surface area contributed by atoms with Crippen molar-refractivity contribution in [3.63, 3.8) is 0 Å². The molecule has 0 bridgehead atoms. The highest BCUT2D eigenvalue weighted by Crippen LogP contribution is 2.08. The molecule has 1 aromatic rings. The molecule has 4 nitrogen and oxygen atoms in total. The molecule has 16 heavy (non-hydrogen) atoms. The maximum Gasteiger partial charge on any atom is 0.513 e. The zero-order chi connectivity index (χ0) is 11.8. The number of rotatable bonds is 5. The minimum absolute atomic E-state index is 0.343. The summed E-state index contributed by atoms with van der Waals surface area (Å²) >= 11 is 0. The molecule has 0 atom stereocenters. The van der Waals surface area contributed by atoms with Crippen molar-refractivity contribution in [1.82, 2.24) is 4.90 Å². The largest absolute Gasteiger partial charge is 0.513 e. The highest BCUT2D eigenvalue weighted by atomic mass is 16.7. The van der Waals surface area contributed by atoms with E-state index in [1.165, 1.54) is 0 Å². The number of carbonyl (C=O) groups is 1. The summed E-state index contributed by atoms with van der Waals surface area (Å²) in [4.78, 5) is 13.3. The van der Waals surface area contributed by atoms with Crippen molar-refractivity contribution in [3.05, 3.63) is 30.3 Å².